The fraction of sp³-hybridized carbons (Fsp3) is 0.800. The zero-order valence-corrected chi connectivity index (χ0v) is 8.44. The molecule has 5 heteroatoms. The zero-order valence-electron chi connectivity index (χ0n) is 8.44. The van der Waals surface area contributed by atoms with Gasteiger partial charge >= 0.3 is 5.97 Å². The van der Waals surface area contributed by atoms with Crippen LogP contribution in [0.1, 0.15) is 32.1 Å². The van der Waals surface area contributed by atoms with Crippen LogP contribution in [0.25, 0.3) is 0 Å². The van der Waals surface area contributed by atoms with E-state index >= 15 is 0 Å². The van der Waals surface area contributed by atoms with Crippen molar-refractivity contribution in [3.05, 3.63) is 0 Å². The van der Waals surface area contributed by atoms with Gasteiger partial charge in [-0.05, 0) is 19.3 Å². The van der Waals surface area contributed by atoms with E-state index in [1.807, 2.05) is 0 Å². The van der Waals surface area contributed by atoms with Crippen LogP contribution in [-0.4, -0.2) is 23.1 Å². The van der Waals surface area contributed by atoms with Crippen molar-refractivity contribution >= 4 is 11.9 Å². The molecule has 2 N–H and O–H groups in total. The first kappa shape index (κ1) is 10.4. The Morgan fingerprint density at radius 2 is 1.87 bits per heavy atom. The maximum Gasteiger partial charge on any atom is 0.307 e. The predicted octanol–water partition coefficient (Wildman–Crippen LogP) is 0.697. The summed E-state index contributed by atoms with van der Waals surface area (Å²) in [6.45, 7) is 0. The van der Waals surface area contributed by atoms with Gasteiger partial charge in [0, 0.05) is 0 Å². The summed E-state index contributed by atoms with van der Waals surface area (Å²) in [5.41, 5.74) is 2.37. The number of rotatable bonds is 4. The molecule has 2 aliphatic carbocycles. The monoisotopic (exact) mass is 213 g/mol. The second-order valence-electron chi connectivity index (χ2n) is 4.28. The van der Waals surface area contributed by atoms with Gasteiger partial charge in [-0.3, -0.25) is 14.4 Å². The van der Waals surface area contributed by atoms with Gasteiger partial charge in [-0.1, -0.05) is 12.8 Å². The van der Waals surface area contributed by atoms with E-state index in [0.717, 1.165) is 25.7 Å². The van der Waals surface area contributed by atoms with Crippen LogP contribution in [0.15, 0.2) is 0 Å². The molecule has 0 radical (unpaired) electrons. The average Bonchev–Trinajstić information content (AvgIpc) is 2.85. The molecule has 2 rings (SSSR count). The molecule has 2 fully saturated rings. The molecule has 0 unspecified atom stereocenters. The summed E-state index contributed by atoms with van der Waals surface area (Å²) in [6.07, 6.45) is 4.80. The molecule has 0 aromatic rings. The van der Waals surface area contributed by atoms with E-state index in [1.54, 1.807) is 0 Å². The molecule has 0 saturated heterocycles. The van der Waals surface area contributed by atoms with Crippen LogP contribution in [0.5, 0.6) is 0 Å². The van der Waals surface area contributed by atoms with E-state index in [2.05, 4.69) is 5.48 Å². The van der Waals surface area contributed by atoms with Crippen molar-refractivity contribution in [2.24, 2.45) is 11.8 Å². The molecule has 15 heavy (non-hydrogen) atoms. The summed E-state index contributed by atoms with van der Waals surface area (Å²) in [5, 5.41) is 8.63. The van der Waals surface area contributed by atoms with Gasteiger partial charge in [0.25, 0.3) is 0 Å². The molecule has 2 saturated carbocycles. The molecule has 0 bridgehead atoms. The van der Waals surface area contributed by atoms with Crippen molar-refractivity contribution in [1.29, 1.82) is 0 Å². The maximum absolute atomic E-state index is 11.4. The number of nitrogens with one attached hydrogen (secondary N) is 1. The molecular formula is C10H15NO4. The third kappa shape index (κ3) is 2.47. The average molecular weight is 213 g/mol. The van der Waals surface area contributed by atoms with Crippen molar-refractivity contribution in [1.82, 2.24) is 5.48 Å². The minimum atomic E-state index is -0.893. The number of hydrogen-bond donors (Lipinski definition) is 2. The summed E-state index contributed by atoms with van der Waals surface area (Å²) in [7, 11) is 0. The van der Waals surface area contributed by atoms with E-state index in [9.17, 15) is 9.59 Å². The number of carbonyl (C=O) groups excluding carboxylic acids is 1. The Labute approximate surface area is 87.7 Å². The second kappa shape index (κ2) is 4.18. The summed E-state index contributed by atoms with van der Waals surface area (Å²) < 4.78 is 0. The molecular weight excluding hydrogens is 198 g/mol. The largest absolute Gasteiger partial charge is 0.481 e. The van der Waals surface area contributed by atoms with E-state index in [4.69, 9.17) is 9.94 Å². The molecule has 1 amide bonds. The third-order valence-corrected chi connectivity index (χ3v) is 3.07. The SMILES string of the molecule is O=C(O)[C@H]1C[C@H]1C(=O)NOC1CCCC1. The molecule has 0 aromatic heterocycles. The number of carbonyl (C=O) groups is 2. The lowest BCUT2D eigenvalue weighted by Crippen LogP contribution is -2.30. The van der Waals surface area contributed by atoms with Crippen LogP contribution < -0.4 is 5.48 Å². The molecule has 0 heterocycles. The highest BCUT2D eigenvalue weighted by Gasteiger charge is 2.48. The maximum atomic E-state index is 11.4. The van der Waals surface area contributed by atoms with Crippen LogP contribution in [0.2, 0.25) is 0 Å². The Bertz CT molecular complexity index is 273. The molecule has 2 atom stereocenters. The Morgan fingerprint density at radius 1 is 1.20 bits per heavy atom. The van der Waals surface area contributed by atoms with E-state index in [0.29, 0.717) is 6.42 Å². The standard InChI is InChI=1S/C10H15NO4/c12-9(7-5-8(7)10(13)14)11-15-6-3-1-2-4-6/h6-8H,1-5H2,(H,11,12)(H,13,14)/t7-,8+/m1/s1. The highest BCUT2D eigenvalue weighted by molar-refractivity contribution is 5.88. The minimum Gasteiger partial charge on any atom is -0.481 e. The van der Waals surface area contributed by atoms with Crippen molar-refractivity contribution in [3.63, 3.8) is 0 Å². The Balaban J connectivity index is 1.67. The summed E-state index contributed by atoms with van der Waals surface area (Å²) >= 11 is 0. The van der Waals surface area contributed by atoms with Gasteiger partial charge in [0.2, 0.25) is 5.91 Å². The van der Waals surface area contributed by atoms with Gasteiger partial charge in [0.1, 0.15) is 0 Å². The molecule has 0 aliphatic heterocycles. The number of carboxylic acids is 1. The van der Waals surface area contributed by atoms with Gasteiger partial charge in [0.15, 0.2) is 0 Å². The van der Waals surface area contributed by atoms with Crippen molar-refractivity contribution in [2.45, 2.75) is 38.2 Å². The number of carboxylic acid groups (broad SMARTS) is 1. The molecule has 0 aromatic carbocycles. The molecule has 84 valence electrons. The summed E-state index contributed by atoms with van der Waals surface area (Å²) in [4.78, 5) is 27.1. The van der Waals surface area contributed by atoms with Gasteiger partial charge in [-0.15, -0.1) is 0 Å². The minimum absolute atomic E-state index is 0.121. The van der Waals surface area contributed by atoms with Gasteiger partial charge in [-0.2, -0.15) is 0 Å². The normalized spacial score (nSPS) is 30.1. The number of hydroxylamine groups is 1. The van der Waals surface area contributed by atoms with Gasteiger partial charge < -0.3 is 5.11 Å². The summed E-state index contributed by atoms with van der Waals surface area (Å²) in [5.74, 6) is -2.06. The predicted molar refractivity (Wildman–Crippen MR) is 50.7 cm³/mol. The Hall–Kier alpha value is -1.10. The third-order valence-electron chi connectivity index (χ3n) is 3.07. The topological polar surface area (TPSA) is 75.6 Å². The number of amides is 1. The molecule has 5 nitrogen and oxygen atoms in total. The number of aliphatic carboxylic acids is 1. The first-order chi connectivity index (χ1) is 7.18. The quantitative estimate of drug-likeness (QED) is 0.674. The van der Waals surface area contributed by atoms with Crippen LogP contribution >= 0.6 is 0 Å². The molecule has 0 spiro atoms. The van der Waals surface area contributed by atoms with Crippen LogP contribution in [0.3, 0.4) is 0 Å². The van der Waals surface area contributed by atoms with Gasteiger partial charge in [0.05, 0.1) is 17.9 Å². The lowest BCUT2D eigenvalue weighted by molar-refractivity contribution is -0.144. The van der Waals surface area contributed by atoms with Crippen LogP contribution in [0.4, 0.5) is 0 Å². The highest BCUT2D eigenvalue weighted by Crippen LogP contribution is 2.38. The van der Waals surface area contributed by atoms with Crippen LogP contribution in [-0.2, 0) is 14.4 Å². The van der Waals surface area contributed by atoms with E-state index < -0.39 is 11.9 Å². The lowest BCUT2D eigenvalue weighted by Gasteiger charge is -2.10. The lowest BCUT2D eigenvalue weighted by atomic mass is 10.3. The fourth-order valence-corrected chi connectivity index (χ4v) is 1.98. The Kier molecular flexibility index (Phi) is 2.90. The van der Waals surface area contributed by atoms with E-state index in [1.165, 1.54) is 0 Å². The highest BCUT2D eigenvalue weighted by atomic mass is 16.7. The fourth-order valence-electron chi connectivity index (χ4n) is 1.98. The Morgan fingerprint density at radius 3 is 2.40 bits per heavy atom. The first-order valence-corrected chi connectivity index (χ1v) is 5.37. The second-order valence-corrected chi connectivity index (χ2v) is 4.28. The van der Waals surface area contributed by atoms with E-state index in [-0.39, 0.29) is 17.9 Å². The van der Waals surface area contributed by atoms with Crippen molar-refractivity contribution in [2.75, 3.05) is 0 Å². The van der Waals surface area contributed by atoms with Crippen LogP contribution in [0, 0.1) is 11.8 Å². The zero-order chi connectivity index (χ0) is 10.8. The van der Waals surface area contributed by atoms with Crippen molar-refractivity contribution < 1.29 is 19.5 Å². The van der Waals surface area contributed by atoms with Gasteiger partial charge in [-0.25, -0.2) is 5.48 Å². The molecule has 2 aliphatic rings. The van der Waals surface area contributed by atoms with Crippen molar-refractivity contribution in [3.8, 4) is 0 Å². The first-order valence-electron chi connectivity index (χ1n) is 5.37. The number of hydrogen-bond acceptors (Lipinski definition) is 3. The summed E-state index contributed by atoms with van der Waals surface area (Å²) in [6, 6.07) is 0. The smallest absolute Gasteiger partial charge is 0.307 e.